The van der Waals surface area contributed by atoms with E-state index in [1.807, 2.05) is 44.2 Å². The second kappa shape index (κ2) is 6.80. The zero-order valence-electron chi connectivity index (χ0n) is 16.8. The molecule has 1 heterocycles. The van der Waals surface area contributed by atoms with Gasteiger partial charge in [-0.1, -0.05) is 60.7 Å². The van der Waals surface area contributed by atoms with Crippen molar-refractivity contribution in [2.24, 2.45) is 0 Å². The third kappa shape index (κ3) is 3.23. The van der Waals surface area contributed by atoms with Crippen LogP contribution >= 0.6 is 0 Å². The first-order valence-electron chi connectivity index (χ1n) is 9.63. The molecular weight excluding hydrogens is 347 g/mol. The van der Waals surface area contributed by atoms with E-state index in [4.69, 9.17) is 9.07 Å². The predicted octanol–water partition coefficient (Wildman–Crippen LogP) is 4.80. The van der Waals surface area contributed by atoms with Crippen molar-refractivity contribution >= 4 is 34.9 Å². The van der Waals surface area contributed by atoms with E-state index in [-0.39, 0.29) is 0 Å². The maximum Gasteiger partial charge on any atom is 0.310 e. The lowest BCUT2D eigenvalue weighted by Gasteiger charge is -2.37. The summed E-state index contributed by atoms with van der Waals surface area (Å²) in [7, 11) is 0.401. The van der Waals surface area contributed by atoms with E-state index in [2.05, 4.69) is 36.4 Å². The Labute approximate surface area is 166 Å². The van der Waals surface area contributed by atoms with Gasteiger partial charge in [0, 0.05) is 16.3 Å². The first-order chi connectivity index (χ1) is 13.3. The van der Waals surface area contributed by atoms with Crippen molar-refractivity contribution in [3.63, 3.8) is 0 Å². The van der Waals surface area contributed by atoms with Crippen LogP contribution in [-0.4, -0.2) is 23.8 Å². The van der Waals surface area contributed by atoms with Crippen molar-refractivity contribution in [1.29, 1.82) is 0 Å². The molecule has 4 rings (SSSR count). The highest BCUT2D eigenvalue weighted by atomic mass is 16.5. The SMILES string of the molecule is CC(C)(O)C(C)(C)OBc1cccc2oc3c(-c4ccccc4)cccc3c12. The number of benzene rings is 3. The van der Waals surface area contributed by atoms with Crippen LogP contribution in [0.15, 0.2) is 71.1 Å². The van der Waals surface area contributed by atoms with Crippen LogP contribution < -0.4 is 5.46 Å². The monoisotopic (exact) mass is 372 g/mol. The Bertz CT molecular complexity index is 1120. The highest BCUT2D eigenvalue weighted by molar-refractivity contribution is 6.53. The Morgan fingerprint density at radius 2 is 1.57 bits per heavy atom. The van der Waals surface area contributed by atoms with E-state index in [1.54, 1.807) is 13.8 Å². The average molecular weight is 372 g/mol. The molecule has 28 heavy (non-hydrogen) atoms. The number of para-hydroxylation sites is 1. The standard InChI is InChI=1S/C24H25BO3/c1-23(2,26)24(3,4)28-25-19-14-9-15-20-21(19)18-13-8-12-17(22(18)27-20)16-10-6-5-7-11-16/h5-15,25-26H,1-4H3. The van der Waals surface area contributed by atoms with Gasteiger partial charge in [0.2, 0.25) is 0 Å². The summed E-state index contributed by atoms with van der Waals surface area (Å²) in [6, 6.07) is 22.6. The molecule has 1 aromatic heterocycles. The molecule has 0 spiro atoms. The Kier molecular flexibility index (Phi) is 4.57. The van der Waals surface area contributed by atoms with Crippen molar-refractivity contribution in [2.45, 2.75) is 38.9 Å². The molecule has 0 saturated heterocycles. The van der Waals surface area contributed by atoms with Gasteiger partial charge in [-0.15, -0.1) is 0 Å². The third-order valence-corrected chi connectivity index (χ3v) is 5.76. The summed E-state index contributed by atoms with van der Waals surface area (Å²) in [6.07, 6.45) is 0. The van der Waals surface area contributed by atoms with Crippen molar-refractivity contribution in [1.82, 2.24) is 0 Å². The molecule has 0 aliphatic rings. The maximum atomic E-state index is 10.4. The topological polar surface area (TPSA) is 42.6 Å². The van der Waals surface area contributed by atoms with Crippen molar-refractivity contribution in [3.05, 3.63) is 66.7 Å². The number of aliphatic hydroxyl groups is 1. The van der Waals surface area contributed by atoms with Crippen LogP contribution in [0.3, 0.4) is 0 Å². The highest BCUT2D eigenvalue weighted by Gasteiger charge is 2.35. The van der Waals surface area contributed by atoms with E-state index in [0.717, 1.165) is 38.5 Å². The Hall–Kier alpha value is -2.56. The lowest BCUT2D eigenvalue weighted by molar-refractivity contribution is -0.0893. The van der Waals surface area contributed by atoms with Gasteiger partial charge in [-0.05, 0) is 44.8 Å². The van der Waals surface area contributed by atoms with Gasteiger partial charge in [-0.3, -0.25) is 0 Å². The zero-order chi connectivity index (χ0) is 19.9. The fourth-order valence-electron chi connectivity index (χ4n) is 3.32. The normalized spacial score (nSPS) is 12.6. The quantitative estimate of drug-likeness (QED) is 0.512. The van der Waals surface area contributed by atoms with Crippen molar-refractivity contribution in [2.75, 3.05) is 0 Å². The van der Waals surface area contributed by atoms with Crippen LogP contribution in [0.2, 0.25) is 0 Å². The molecule has 0 radical (unpaired) electrons. The molecule has 0 amide bonds. The van der Waals surface area contributed by atoms with Crippen LogP contribution in [0.1, 0.15) is 27.7 Å². The summed E-state index contributed by atoms with van der Waals surface area (Å²) in [6.45, 7) is 7.36. The Morgan fingerprint density at radius 3 is 2.29 bits per heavy atom. The molecule has 0 aliphatic heterocycles. The first-order valence-corrected chi connectivity index (χ1v) is 9.63. The fourth-order valence-corrected chi connectivity index (χ4v) is 3.32. The largest absolute Gasteiger partial charge is 0.455 e. The summed E-state index contributed by atoms with van der Waals surface area (Å²) < 4.78 is 12.4. The van der Waals surface area contributed by atoms with Crippen LogP contribution in [0.4, 0.5) is 0 Å². The predicted molar refractivity (Wildman–Crippen MR) is 117 cm³/mol. The van der Waals surface area contributed by atoms with Crippen LogP contribution in [0, 0.1) is 0 Å². The number of hydrogen-bond acceptors (Lipinski definition) is 3. The molecule has 4 heteroatoms. The van der Waals surface area contributed by atoms with Crippen LogP contribution in [-0.2, 0) is 4.65 Å². The number of hydrogen-bond donors (Lipinski definition) is 1. The lowest BCUT2D eigenvalue weighted by atomic mass is 9.80. The van der Waals surface area contributed by atoms with E-state index in [9.17, 15) is 5.11 Å². The van der Waals surface area contributed by atoms with Gasteiger partial charge in [0.05, 0.1) is 11.2 Å². The molecule has 0 saturated carbocycles. The number of furan rings is 1. The maximum absolute atomic E-state index is 10.4. The minimum absolute atomic E-state index is 0.401. The zero-order valence-corrected chi connectivity index (χ0v) is 16.8. The summed E-state index contributed by atoms with van der Waals surface area (Å²) in [5, 5.41) is 12.5. The molecule has 0 aliphatic carbocycles. The van der Waals surface area contributed by atoms with E-state index in [1.165, 1.54) is 0 Å². The smallest absolute Gasteiger partial charge is 0.310 e. The molecule has 4 aromatic rings. The molecule has 3 aromatic carbocycles. The number of fused-ring (bicyclic) bond motifs is 3. The minimum atomic E-state index is -0.945. The van der Waals surface area contributed by atoms with Gasteiger partial charge in [-0.25, -0.2) is 0 Å². The third-order valence-electron chi connectivity index (χ3n) is 5.76. The van der Waals surface area contributed by atoms with E-state index < -0.39 is 11.2 Å². The van der Waals surface area contributed by atoms with Crippen LogP contribution in [0.5, 0.6) is 0 Å². The van der Waals surface area contributed by atoms with Gasteiger partial charge in [0.15, 0.2) is 0 Å². The summed E-state index contributed by atoms with van der Waals surface area (Å²) in [5.74, 6) is 0. The van der Waals surface area contributed by atoms with Crippen molar-refractivity contribution in [3.8, 4) is 11.1 Å². The molecule has 3 nitrogen and oxygen atoms in total. The van der Waals surface area contributed by atoms with Gasteiger partial charge >= 0.3 is 7.48 Å². The van der Waals surface area contributed by atoms with Gasteiger partial charge in [-0.2, -0.15) is 0 Å². The second-order valence-electron chi connectivity index (χ2n) is 8.30. The van der Waals surface area contributed by atoms with Crippen LogP contribution in [0.25, 0.3) is 33.1 Å². The summed E-state index contributed by atoms with van der Waals surface area (Å²) in [4.78, 5) is 0. The van der Waals surface area contributed by atoms with Gasteiger partial charge < -0.3 is 14.2 Å². The summed E-state index contributed by atoms with van der Waals surface area (Å²) in [5.41, 5.74) is 3.38. The summed E-state index contributed by atoms with van der Waals surface area (Å²) >= 11 is 0. The lowest BCUT2D eigenvalue weighted by Crippen LogP contribution is -2.49. The van der Waals surface area contributed by atoms with E-state index >= 15 is 0 Å². The Balaban J connectivity index is 1.82. The van der Waals surface area contributed by atoms with Crippen molar-refractivity contribution < 1.29 is 14.2 Å². The van der Waals surface area contributed by atoms with E-state index in [0.29, 0.717) is 7.48 Å². The molecule has 0 bridgehead atoms. The van der Waals surface area contributed by atoms with Gasteiger partial charge in [0.25, 0.3) is 0 Å². The second-order valence-corrected chi connectivity index (χ2v) is 8.30. The first kappa shape index (κ1) is 18.8. The molecule has 0 unspecified atom stereocenters. The fraction of sp³-hybridized carbons (Fsp3) is 0.250. The molecule has 1 N–H and O–H groups in total. The Morgan fingerprint density at radius 1 is 0.857 bits per heavy atom. The minimum Gasteiger partial charge on any atom is -0.455 e. The highest BCUT2D eigenvalue weighted by Crippen LogP contribution is 2.35. The molecule has 0 atom stereocenters. The van der Waals surface area contributed by atoms with Gasteiger partial charge in [0.1, 0.15) is 11.2 Å². The molecule has 142 valence electrons. The number of rotatable bonds is 5. The molecular formula is C24H25BO3. The average Bonchev–Trinajstić information content (AvgIpc) is 3.05. The molecule has 0 fully saturated rings.